The quantitative estimate of drug-likeness (QED) is 0.626. The fourth-order valence-corrected chi connectivity index (χ4v) is 3.55. The maximum Gasteiger partial charge on any atom is 0.124 e. The standard InChI is InChI=1S/C19H13ClN2OS/c20-12-7-8-18(23)13(10-12)16-11-17(19-6-3-9-24-19)22-15-5-2-1-4-14(15)21-16/h1-10,23H,11H2. The third-order valence-corrected chi connectivity index (χ3v) is 4.96. The normalized spacial score (nSPS) is 13.7. The van der Waals surface area contributed by atoms with Gasteiger partial charge in [0.1, 0.15) is 5.75 Å². The number of aromatic hydroxyl groups is 1. The van der Waals surface area contributed by atoms with Crippen LogP contribution in [0.4, 0.5) is 11.4 Å². The zero-order chi connectivity index (χ0) is 16.5. The Balaban J connectivity index is 1.91. The van der Waals surface area contributed by atoms with Crippen LogP contribution >= 0.6 is 22.9 Å². The van der Waals surface area contributed by atoms with Crippen LogP contribution in [0, 0.1) is 0 Å². The van der Waals surface area contributed by atoms with Crippen molar-refractivity contribution in [1.82, 2.24) is 0 Å². The Morgan fingerprint density at radius 2 is 1.67 bits per heavy atom. The lowest BCUT2D eigenvalue weighted by Crippen LogP contribution is -2.09. The van der Waals surface area contributed by atoms with Gasteiger partial charge in [-0.1, -0.05) is 29.8 Å². The minimum absolute atomic E-state index is 0.170. The minimum atomic E-state index is 0.170. The third kappa shape index (κ3) is 2.86. The number of nitrogens with zero attached hydrogens (tertiary/aromatic N) is 2. The number of phenols is 1. The first-order valence-electron chi connectivity index (χ1n) is 7.47. The van der Waals surface area contributed by atoms with E-state index in [-0.39, 0.29) is 5.75 Å². The second kappa shape index (κ2) is 6.23. The van der Waals surface area contributed by atoms with Gasteiger partial charge in [-0.3, -0.25) is 4.99 Å². The molecule has 4 rings (SSSR count). The van der Waals surface area contributed by atoms with Crippen molar-refractivity contribution in [1.29, 1.82) is 0 Å². The van der Waals surface area contributed by atoms with Gasteiger partial charge in [0.05, 0.1) is 22.8 Å². The largest absolute Gasteiger partial charge is 0.507 e. The molecule has 0 amide bonds. The monoisotopic (exact) mass is 352 g/mol. The molecule has 1 aliphatic heterocycles. The van der Waals surface area contributed by atoms with Gasteiger partial charge in [0, 0.05) is 21.9 Å². The van der Waals surface area contributed by atoms with Gasteiger partial charge in [-0.05, 0) is 41.8 Å². The van der Waals surface area contributed by atoms with Gasteiger partial charge in [-0.25, -0.2) is 4.99 Å². The van der Waals surface area contributed by atoms with Crippen LogP contribution in [0.15, 0.2) is 70.0 Å². The molecule has 0 spiro atoms. The van der Waals surface area contributed by atoms with Gasteiger partial charge in [-0.2, -0.15) is 0 Å². The summed E-state index contributed by atoms with van der Waals surface area (Å²) in [5.74, 6) is 0.170. The molecule has 1 aliphatic rings. The van der Waals surface area contributed by atoms with Gasteiger partial charge in [-0.15, -0.1) is 11.3 Å². The van der Waals surface area contributed by atoms with Crippen molar-refractivity contribution in [2.45, 2.75) is 6.42 Å². The number of halogens is 1. The molecule has 3 nitrogen and oxygen atoms in total. The van der Waals surface area contributed by atoms with Crippen molar-refractivity contribution in [3.8, 4) is 5.75 Å². The van der Waals surface area contributed by atoms with Crippen molar-refractivity contribution in [2.75, 3.05) is 0 Å². The smallest absolute Gasteiger partial charge is 0.124 e. The number of benzene rings is 2. The molecule has 118 valence electrons. The zero-order valence-electron chi connectivity index (χ0n) is 12.6. The van der Waals surface area contributed by atoms with Crippen molar-refractivity contribution in [3.05, 3.63) is 75.4 Å². The SMILES string of the molecule is Oc1ccc(Cl)cc1C1=Nc2ccccc2N=C(c2cccs2)C1. The number of aliphatic imine (C=N–C) groups is 2. The highest BCUT2D eigenvalue weighted by Crippen LogP contribution is 2.35. The molecule has 0 saturated heterocycles. The first kappa shape index (κ1) is 15.1. The summed E-state index contributed by atoms with van der Waals surface area (Å²) in [4.78, 5) is 10.7. The first-order chi connectivity index (χ1) is 11.7. The molecule has 1 aromatic heterocycles. The van der Waals surface area contributed by atoms with Crippen LogP contribution < -0.4 is 0 Å². The summed E-state index contributed by atoms with van der Waals surface area (Å²) in [5, 5.41) is 12.9. The van der Waals surface area contributed by atoms with Crippen LogP contribution in [-0.4, -0.2) is 16.5 Å². The van der Waals surface area contributed by atoms with Crippen molar-refractivity contribution in [2.24, 2.45) is 9.98 Å². The topological polar surface area (TPSA) is 45.0 Å². The van der Waals surface area contributed by atoms with E-state index in [1.54, 1.807) is 29.5 Å². The Labute approximate surface area is 148 Å². The van der Waals surface area contributed by atoms with E-state index in [1.165, 1.54) is 0 Å². The number of fused-ring (bicyclic) bond motifs is 1. The molecule has 3 aromatic rings. The zero-order valence-corrected chi connectivity index (χ0v) is 14.2. The molecular formula is C19H13ClN2OS. The lowest BCUT2D eigenvalue weighted by Gasteiger charge is -2.09. The Bertz CT molecular complexity index is 961. The predicted molar refractivity (Wildman–Crippen MR) is 101 cm³/mol. The lowest BCUT2D eigenvalue weighted by molar-refractivity contribution is 0.474. The number of thiophene rings is 1. The summed E-state index contributed by atoms with van der Waals surface area (Å²) in [6.45, 7) is 0. The molecule has 2 aromatic carbocycles. The molecule has 0 saturated carbocycles. The second-order valence-electron chi connectivity index (χ2n) is 5.42. The Morgan fingerprint density at radius 1 is 0.917 bits per heavy atom. The van der Waals surface area contributed by atoms with Gasteiger partial charge in [0.15, 0.2) is 0 Å². The highest BCUT2D eigenvalue weighted by atomic mass is 35.5. The summed E-state index contributed by atoms with van der Waals surface area (Å²) in [6, 6.07) is 16.8. The first-order valence-corrected chi connectivity index (χ1v) is 8.73. The van der Waals surface area contributed by atoms with Crippen LogP contribution in [0.3, 0.4) is 0 Å². The van der Waals surface area contributed by atoms with Crippen LogP contribution in [0.2, 0.25) is 5.02 Å². The number of rotatable bonds is 2. The highest BCUT2D eigenvalue weighted by molar-refractivity contribution is 7.12. The summed E-state index contributed by atoms with van der Waals surface area (Å²) < 4.78 is 0. The molecule has 0 fully saturated rings. The maximum absolute atomic E-state index is 10.3. The fourth-order valence-electron chi connectivity index (χ4n) is 2.66. The van der Waals surface area contributed by atoms with Crippen molar-refractivity contribution >= 4 is 45.7 Å². The maximum atomic E-state index is 10.3. The van der Waals surface area contributed by atoms with Gasteiger partial charge in [0.25, 0.3) is 0 Å². The van der Waals surface area contributed by atoms with E-state index in [2.05, 4.69) is 0 Å². The molecule has 0 unspecified atom stereocenters. The molecule has 0 bridgehead atoms. The summed E-state index contributed by atoms with van der Waals surface area (Å²) >= 11 is 7.76. The predicted octanol–water partition coefficient (Wildman–Crippen LogP) is 5.75. The molecule has 2 heterocycles. The van der Waals surface area contributed by atoms with Crippen LogP contribution in [0.5, 0.6) is 5.75 Å². The number of phenolic OH excluding ortho intramolecular Hbond substituents is 1. The number of para-hydroxylation sites is 2. The average Bonchev–Trinajstić information content (AvgIpc) is 3.05. The molecule has 0 radical (unpaired) electrons. The van der Waals surface area contributed by atoms with Gasteiger partial charge >= 0.3 is 0 Å². The van der Waals surface area contributed by atoms with E-state index in [4.69, 9.17) is 21.6 Å². The van der Waals surface area contributed by atoms with Crippen molar-refractivity contribution in [3.63, 3.8) is 0 Å². The fraction of sp³-hybridized carbons (Fsp3) is 0.0526. The molecular weight excluding hydrogens is 340 g/mol. The molecule has 0 aliphatic carbocycles. The Kier molecular flexibility index (Phi) is 3.92. The Morgan fingerprint density at radius 3 is 2.38 bits per heavy atom. The van der Waals surface area contributed by atoms with E-state index in [1.807, 2.05) is 41.8 Å². The number of hydrogen-bond donors (Lipinski definition) is 1. The van der Waals surface area contributed by atoms with E-state index in [0.717, 1.165) is 27.7 Å². The van der Waals surface area contributed by atoms with Crippen LogP contribution in [-0.2, 0) is 0 Å². The van der Waals surface area contributed by atoms with Crippen LogP contribution in [0.1, 0.15) is 16.9 Å². The lowest BCUT2D eigenvalue weighted by atomic mass is 10.0. The number of hydrogen-bond acceptors (Lipinski definition) is 4. The molecule has 24 heavy (non-hydrogen) atoms. The Hall–Kier alpha value is -2.43. The summed E-state index contributed by atoms with van der Waals surface area (Å²) in [7, 11) is 0. The van der Waals surface area contributed by atoms with Gasteiger partial charge in [0.2, 0.25) is 0 Å². The second-order valence-corrected chi connectivity index (χ2v) is 6.81. The van der Waals surface area contributed by atoms with E-state index in [9.17, 15) is 5.11 Å². The van der Waals surface area contributed by atoms with Gasteiger partial charge < -0.3 is 5.11 Å². The van der Waals surface area contributed by atoms with E-state index < -0.39 is 0 Å². The summed E-state index contributed by atoms with van der Waals surface area (Å²) in [5.41, 5.74) is 3.96. The summed E-state index contributed by atoms with van der Waals surface area (Å²) in [6.07, 6.45) is 0.531. The molecule has 5 heteroatoms. The van der Waals surface area contributed by atoms with E-state index >= 15 is 0 Å². The van der Waals surface area contributed by atoms with E-state index in [0.29, 0.717) is 17.0 Å². The molecule has 0 atom stereocenters. The van der Waals surface area contributed by atoms with Crippen molar-refractivity contribution < 1.29 is 5.11 Å². The third-order valence-electron chi connectivity index (χ3n) is 3.80. The van der Waals surface area contributed by atoms with Crippen LogP contribution in [0.25, 0.3) is 0 Å². The average molecular weight is 353 g/mol. The highest BCUT2D eigenvalue weighted by Gasteiger charge is 2.19. The minimum Gasteiger partial charge on any atom is -0.507 e. The molecule has 1 N–H and O–H groups in total.